The molecule has 0 bridgehead atoms. The van der Waals surface area contributed by atoms with E-state index in [9.17, 15) is 13.6 Å². The van der Waals surface area contributed by atoms with E-state index >= 15 is 0 Å². The first-order chi connectivity index (χ1) is 18.8. The van der Waals surface area contributed by atoms with Crippen LogP contribution in [0.5, 0.6) is 11.5 Å². The normalized spacial score (nSPS) is 22.1. The zero-order chi connectivity index (χ0) is 27.9. The van der Waals surface area contributed by atoms with Gasteiger partial charge in [0.1, 0.15) is 11.6 Å². The number of carbonyl (C=O) groups is 1. The summed E-state index contributed by atoms with van der Waals surface area (Å²) in [4.78, 5) is 18.3. The van der Waals surface area contributed by atoms with Gasteiger partial charge in [-0.1, -0.05) is 11.6 Å². The molecular weight excluding hydrogens is 500 g/mol. The molecule has 2 aliphatic rings. The van der Waals surface area contributed by atoms with E-state index in [2.05, 4.69) is 4.90 Å². The fraction of sp³-hybridized carbons (Fsp3) is 0.516. The number of methoxy groups -OCH3 is 2. The molecule has 1 atom stereocenters. The van der Waals surface area contributed by atoms with E-state index in [4.69, 9.17) is 15.2 Å². The number of likely N-dealkylation sites (tertiary alicyclic amines) is 1. The number of nitrogens with zero attached hydrogens (tertiary/aromatic N) is 2. The molecule has 0 aromatic heterocycles. The molecule has 39 heavy (non-hydrogen) atoms. The molecular formula is C31H41F2N3O3. The lowest BCUT2D eigenvalue weighted by molar-refractivity contribution is 0.0708. The van der Waals surface area contributed by atoms with Crippen molar-refractivity contribution in [2.75, 3.05) is 40.4 Å². The fourth-order valence-corrected chi connectivity index (χ4v) is 5.90. The lowest BCUT2D eigenvalue weighted by atomic mass is 9.86. The number of hydrogen-bond acceptors (Lipinski definition) is 5. The van der Waals surface area contributed by atoms with Gasteiger partial charge in [-0.05, 0) is 88.2 Å². The van der Waals surface area contributed by atoms with Gasteiger partial charge >= 0.3 is 0 Å². The van der Waals surface area contributed by atoms with Crippen LogP contribution in [-0.4, -0.2) is 68.2 Å². The summed E-state index contributed by atoms with van der Waals surface area (Å²) in [6.45, 7) is 4.82. The van der Waals surface area contributed by atoms with Gasteiger partial charge < -0.3 is 20.1 Å². The quantitative estimate of drug-likeness (QED) is 0.430. The van der Waals surface area contributed by atoms with Crippen molar-refractivity contribution < 1.29 is 23.0 Å². The zero-order valence-electron chi connectivity index (χ0n) is 23.3. The molecule has 0 radical (unpaired) electrons. The maximum atomic E-state index is 14.3. The molecule has 2 aromatic carbocycles. The van der Waals surface area contributed by atoms with Crippen molar-refractivity contribution in [1.29, 1.82) is 0 Å². The molecule has 8 heteroatoms. The molecule has 4 rings (SSSR count). The van der Waals surface area contributed by atoms with Crippen LogP contribution in [0.25, 0.3) is 6.08 Å². The molecule has 2 fully saturated rings. The zero-order valence-corrected chi connectivity index (χ0v) is 23.3. The molecule has 212 valence electrons. The van der Waals surface area contributed by atoms with Crippen molar-refractivity contribution in [2.24, 2.45) is 11.7 Å². The maximum absolute atomic E-state index is 14.3. The third-order valence-electron chi connectivity index (χ3n) is 8.04. The van der Waals surface area contributed by atoms with Crippen molar-refractivity contribution in [3.05, 3.63) is 64.7 Å². The van der Waals surface area contributed by atoms with Gasteiger partial charge in [0.2, 0.25) is 0 Å². The summed E-state index contributed by atoms with van der Waals surface area (Å²) in [6, 6.07) is 9.28. The number of ether oxygens (including phenoxy) is 2. The van der Waals surface area contributed by atoms with Crippen molar-refractivity contribution in [1.82, 2.24) is 9.80 Å². The SMILES string of the molecule is COc1ccc(C(=O)N(C/C(C)=C/c2ccc(F)cc2F)CC2CCCN2C[C@H]2CC[C@@H](N)CC2)cc1OC. The molecule has 1 heterocycles. The molecule has 2 N–H and O–H groups in total. The van der Waals surface area contributed by atoms with Gasteiger partial charge in [0.05, 0.1) is 14.2 Å². The first kappa shape index (κ1) is 29.0. The highest BCUT2D eigenvalue weighted by atomic mass is 19.1. The molecule has 2 aromatic rings. The summed E-state index contributed by atoms with van der Waals surface area (Å²) in [5.74, 6) is 0.317. The average Bonchev–Trinajstić information content (AvgIpc) is 3.36. The minimum Gasteiger partial charge on any atom is -0.493 e. The molecule has 0 spiro atoms. The first-order valence-corrected chi connectivity index (χ1v) is 13.9. The van der Waals surface area contributed by atoms with Crippen LogP contribution in [0.3, 0.4) is 0 Å². The Balaban J connectivity index is 1.55. The van der Waals surface area contributed by atoms with Crippen LogP contribution in [0.2, 0.25) is 0 Å². The fourth-order valence-electron chi connectivity index (χ4n) is 5.90. The molecule has 6 nitrogen and oxygen atoms in total. The second-order valence-corrected chi connectivity index (χ2v) is 11.0. The van der Waals surface area contributed by atoms with E-state index < -0.39 is 11.6 Å². The Kier molecular flexibility index (Phi) is 9.97. The summed E-state index contributed by atoms with van der Waals surface area (Å²) in [7, 11) is 3.10. The van der Waals surface area contributed by atoms with Crippen molar-refractivity contribution in [3.63, 3.8) is 0 Å². The second-order valence-electron chi connectivity index (χ2n) is 11.0. The minimum atomic E-state index is -0.624. The number of benzene rings is 2. The molecule has 1 saturated heterocycles. The van der Waals surface area contributed by atoms with Gasteiger partial charge in [0, 0.05) is 48.9 Å². The van der Waals surface area contributed by atoms with Crippen LogP contribution >= 0.6 is 0 Å². The Labute approximate surface area is 230 Å². The molecule has 1 aliphatic carbocycles. The number of hydrogen-bond donors (Lipinski definition) is 1. The largest absolute Gasteiger partial charge is 0.493 e. The number of amides is 1. The van der Waals surface area contributed by atoms with Crippen LogP contribution in [0.15, 0.2) is 42.0 Å². The van der Waals surface area contributed by atoms with Gasteiger partial charge in [-0.15, -0.1) is 0 Å². The van der Waals surface area contributed by atoms with Crippen LogP contribution in [0.1, 0.15) is 61.4 Å². The Morgan fingerprint density at radius 2 is 1.79 bits per heavy atom. The first-order valence-electron chi connectivity index (χ1n) is 13.9. The lowest BCUT2D eigenvalue weighted by Gasteiger charge is -2.35. The smallest absolute Gasteiger partial charge is 0.254 e. The monoisotopic (exact) mass is 541 g/mol. The Bertz CT molecular complexity index is 1160. The van der Waals surface area contributed by atoms with Gasteiger partial charge in [0.15, 0.2) is 11.5 Å². The van der Waals surface area contributed by atoms with E-state index in [0.29, 0.717) is 47.7 Å². The summed E-state index contributed by atoms with van der Waals surface area (Å²) >= 11 is 0. The second kappa shape index (κ2) is 13.4. The summed E-state index contributed by atoms with van der Waals surface area (Å²) in [6.07, 6.45) is 8.28. The maximum Gasteiger partial charge on any atom is 0.254 e. The third kappa shape index (κ3) is 7.57. The van der Waals surface area contributed by atoms with Crippen molar-refractivity contribution >= 4 is 12.0 Å². The van der Waals surface area contributed by atoms with Crippen molar-refractivity contribution in [3.8, 4) is 11.5 Å². The van der Waals surface area contributed by atoms with Gasteiger partial charge in [-0.25, -0.2) is 8.78 Å². The Morgan fingerprint density at radius 3 is 2.49 bits per heavy atom. The highest BCUT2D eigenvalue weighted by Gasteiger charge is 2.31. The number of carbonyl (C=O) groups excluding carboxylic acids is 1. The molecule has 1 saturated carbocycles. The highest BCUT2D eigenvalue weighted by Crippen LogP contribution is 2.30. The molecule has 1 amide bonds. The molecule has 1 unspecified atom stereocenters. The lowest BCUT2D eigenvalue weighted by Crippen LogP contribution is -2.45. The van der Waals surface area contributed by atoms with Crippen molar-refractivity contribution in [2.45, 2.75) is 57.5 Å². The van der Waals surface area contributed by atoms with E-state index in [0.717, 1.165) is 63.3 Å². The standard InChI is InChI=1S/C31H41F2N3O3/c1-21(15-23-8-10-25(32)17-28(23)33)18-36(31(37)24-9-13-29(38-2)30(16-24)39-3)20-27-5-4-14-35(27)19-22-6-11-26(34)12-7-22/h8-10,13,15-17,22,26-27H,4-7,11-12,14,18-20,34H2,1-3H3/b21-15+/t22-,26+,27?. The predicted molar refractivity (Wildman–Crippen MR) is 150 cm³/mol. The highest BCUT2D eigenvalue weighted by molar-refractivity contribution is 5.95. The number of halogens is 2. The van der Waals surface area contributed by atoms with Gasteiger partial charge in [0.25, 0.3) is 5.91 Å². The summed E-state index contributed by atoms with van der Waals surface area (Å²) < 4.78 is 38.5. The Hall–Kier alpha value is -2.97. The number of nitrogens with two attached hydrogens (primary N) is 1. The van der Waals surface area contributed by atoms with E-state index in [1.807, 2.05) is 11.8 Å². The van der Waals surface area contributed by atoms with E-state index in [-0.39, 0.29) is 11.9 Å². The summed E-state index contributed by atoms with van der Waals surface area (Å²) in [5, 5.41) is 0. The van der Waals surface area contributed by atoms with Gasteiger partial charge in [-0.3, -0.25) is 9.69 Å². The predicted octanol–water partition coefficient (Wildman–Crippen LogP) is 5.51. The summed E-state index contributed by atoms with van der Waals surface area (Å²) in [5.41, 5.74) is 7.72. The van der Waals surface area contributed by atoms with Gasteiger partial charge in [-0.2, -0.15) is 0 Å². The number of rotatable bonds is 10. The average molecular weight is 542 g/mol. The van der Waals surface area contributed by atoms with Crippen LogP contribution in [0, 0.1) is 17.6 Å². The van der Waals surface area contributed by atoms with Crippen LogP contribution in [0.4, 0.5) is 8.78 Å². The van der Waals surface area contributed by atoms with Crippen LogP contribution in [-0.2, 0) is 0 Å². The third-order valence-corrected chi connectivity index (χ3v) is 8.04. The topological polar surface area (TPSA) is 68.0 Å². The minimum absolute atomic E-state index is 0.126. The van der Waals surface area contributed by atoms with Crippen LogP contribution < -0.4 is 15.2 Å². The Morgan fingerprint density at radius 1 is 1.05 bits per heavy atom. The van der Waals surface area contributed by atoms with E-state index in [1.54, 1.807) is 38.5 Å². The van der Waals surface area contributed by atoms with E-state index in [1.165, 1.54) is 12.1 Å². The molecule has 1 aliphatic heterocycles.